The first kappa shape index (κ1) is 23.5. The van der Waals surface area contributed by atoms with Crippen LogP contribution in [0.5, 0.6) is 5.75 Å². The quantitative estimate of drug-likeness (QED) is 0.398. The number of hydrogen-bond acceptors (Lipinski definition) is 7. The highest BCUT2D eigenvalue weighted by molar-refractivity contribution is 5.97. The third kappa shape index (κ3) is 6.67. The monoisotopic (exact) mass is 452 g/mol. The predicted molar refractivity (Wildman–Crippen MR) is 120 cm³/mol. The van der Waals surface area contributed by atoms with Gasteiger partial charge in [0, 0.05) is 24.1 Å². The number of ether oxygens (including phenoxy) is 2. The number of carbonyl (C=O) groups excluding carboxylic acids is 3. The number of esters is 1. The summed E-state index contributed by atoms with van der Waals surface area (Å²) in [6, 6.07) is 12.6. The number of hydrogen-bond donors (Lipinski definition) is 2. The van der Waals surface area contributed by atoms with E-state index in [1.807, 2.05) is 19.9 Å². The standard InChI is InChI=1S/C24H24N2O7/c1-3-10-25-24(30)26-21(27)14-32-23(29)17-6-4-16(5-7-17)13-31-18-8-9-19-15(2)11-22(28)33-20(19)12-18/h4-9,11-12H,3,10,13-14H2,1-2H3,(H2,25,26,27,30). The Bertz CT molecular complexity index is 1220. The molecular formula is C24H24N2O7. The maximum absolute atomic E-state index is 12.1. The molecule has 3 aromatic rings. The lowest BCUT2D eigenvalue weighted by molar-refractivity contribution is -0.123. The van der Waals surface area contributed by atoms with Crippen molar-refractivity contribution in [1.29, 1.82) is 0 Å². The molecule has 0 aliphatic carbocycles. The Hall–Kier alpha value is -4.14. The molecule has 0 saturated carbocycles. The van der Waals surface area contributed by atoms with E-state index in [0.717, 1.165) is 22.9 Å². The van der Waals surface area contributed by atoms with Crippen molar-refractivity contribution in [2.24, 2.45) is 0 Å². The van der Waals surface area contributed by atoms with Crippen LogP contribution in [-0.2, 0) is 16.1 Å². The van der Waals surface area contributed by atoms with Crippen LogP contribution >= 0.6 is 0 Å². The maximum Gasteiger partial charge on any atom is 0.338 e. The first-order chi connectivity index (χ1) is 15.9. The van der Waals surface area contributed by atoms with Gasteiger partial charge in [-0.1, -0.05) is 19.1 Å². The molecular weight excluding hydrogens is 428 g/mol. The molecule has 33 heavy (non-hydrogen) atoms. The highest BCUT2D eigenvalue weighted by Crippen LogP contribution is 2.23. The summed E-state index contributed by atoms with van der Waals surface area (Å²) < 4.78 is 15.9. The number of urea groups is 1. The van der Waals surface area contributed by atoms with Crippen molar-refractivity contribution in [1.82, 2.24) is 10.6 Å². The molecule has 9 nitrogen and oxygen atoms in total. The van der Waals surface area contributed by atoms with Crippen LogP contribution in [0.4, 0.5) is 4.79 Å². The first-order valence-electron chi connectivity index (χ1n) is 10.4. The second kappa shape index (κ2) is 10.9. The van der Waals surface area contributed by atoms with Crippen molar-refractivity contribution in [2.75, 3.05) is 13.2 Å². The molecule has 0 bridgehead atoms. The molecule has 0 fully saturated rings. The summed E-state index contributed by atoms with van der Waals surface area (Å²) in [5.74, 6) is -0.872. The minimum atomic E-state index is -0.719. The zero-order chi connectivity index (χ0) is 23.8. The molecule has 1 heterocycles. The highest BCUT2D eigenvalue weighted by atomic mass is 16.5. The molecule has 0 aliphatic heterocycles. The van der Waals surface area contributed by atoms with E-state index in [1.54, 1.807) is 36.4 Å². The van der Waals surface area contributed by atoms with E-state index in [4.69, 9.17) is 13.9 Å². The van der Waals surface area contributed by atoms with Crippen LogP contribution in [0, 0.1) is 6.92 Å². The van der Waals surface area contributed by atoms with E-state index >= 15 is 0 Å². The van der Waals surface area contributed by atoms with Crippen molar-refractivity contribution < 1.29 is 28.3 Å². The summed E-state index contributed by atoms with van der Waals surface area (Å²) in [5, 5.41) is 5.39. The Kier molecular flexibility index (Phi) is 7.80. The van der Waals surface area contributed by atoms with Gasteiger partial charge in [0.05, 0.1) is 5.56 Å². The minimum Gasteiger partial charge on any atom is -0.489 e. The molecule has 172 valence electrons. The van der Waals surface area contributed by atoms with Crippen molar-refractivity contribution in [3.05, 3.63) is 75.6 Å². The fraction of sp³-hybridized carbons (Fsp3) is 0.250. The van der Waals surface area contributed by atoms with Crippen LogP contribution in [0.15, 0.2) is 57.7 Å². The zero-order valence-corrected chi connectivity index (χ0v) is 18.3. The summed E-state index contributed by atoms with van der Waals surface area (Å²) >= 11 is 0. The summed E-state index contributed by atoms with van der Waals surface area (Å²) in [5.41, 5.74) is 1.90. The van der Waals surface area contributed by atoms with Gasteiger partial charge in [-0.15, -0.1) is 0 Å². The van der Waals surface area contributed by atoms with Crippen LogP contribution in [-0.4, -0.2) is 31.1 Å². The molecule has 0 spiro atoms. The third-order valence-electron chi connectivity index (χ3n) is 4.64. The van der Waals surface area contributed by atoms with Gasteiger partial charge < -0.3 is 19.2 Å². The minimum absolute atomic E-state index is 0.228. The molecule has 0 radical (unpaired) electrons. The fourth-order valence-corrected chi connectivity index (χ4v) is 2.96. The molecule has 2 aromatic carbocycles. The van der Waals surface area contributed by atoms with Crippen LogP contribution in [0.25, 0.3) is 11.0 Å². The largest absolute Gasteiger partial charge is 0.489 e. The van der Waals surface area contributed by atoms with E-state index in [-0.39, 0.29) is 12.2 Å². The second-order valence-electron chi connectivity index (χ2n) is 7.27. The van der Waals surface area contributed by atoms with Gasteiger partial charge in [0.15, 0.2) is 6.61 Å². The Balaban J connectivity index is 1.51. The molecule has 0 aliphatic rings. The Labute approximate surface area is 189 Å². The lowest BCUT2D eigenvalue weighted by Crippen LogP contribution is -2.41. The topological polar surface area (TPSA) is 124 Å². The van der Waals surface area contributed by atoms with Gasteiger partial charge in [0.1, 0.15) is 17.9 Å². The lowest BCUT2D eigenvalue weighted by atomic mass is 10.1. The summed E-state index contributed by atoms with van der Waals surface area (Å²) in [7, 11) is 0. The summed E-state index contributed by atoms with van der Waals surface area (Å²) in [4.78, 5) is 46.7. The third-order valence-corrected chi connectivity index (χ3v) is 4.64. The van der Waals surface area contributed by atoms with Crippen molar-refractivity contribution >= 4 is 28.9 Å². The number of rotatable bonds is 8. The van der Waals surface area contributed by atoms with E-state index in [2.05, 4.69) is 10.6 Å². The fourth-order valence-electron chi connectivity index (χ4n) is 2.96. The average Bonchev–Trinajstić information content (AvgIpc) is 2.79. The van der Waals surface area contributed by atoms with Crippen LogP contribution < -0.4 is 21.0 Å². The Morgan fingerprint density at radius 2 is 1.79 bits per heavy atom. The number of fused-ring (bicyclic) bond motifs is 1. The van der Waals surface area contributed by atoms with Crippen molar-refractivity contribution in [3.63, 3.8) is 0 Å². The van der Waals surface area contributed by atoms with Gasteiger partial charge >= 0.3 is 17.6 Å². The van der Waals surface area contributed by atoms with Gasteiger partial charge in [0.2, 0.25) is 0 Å². The molecule has 0 unspecified atom stereocenters. The van der Waals surface area contributed by atoms with Crippen LogP contribution in [0.2, 0.25) is 0 Å². The molecule has 9 heteroatoms. The molecule has 0 saturated heterocycles. The second-order valence-corrected chi connectivity index (χ2v) is 7.27. The summed E-state index contributed by atoms with van der Waals surface area (Å²) in [6.45, 7) is 3.81. The van der Waals surface area contributed by atoms with E-state index < -0.39 is 30.1 Å². The molecule has 0 atom stereocenters. The number of aryl methyl sites for hydroxylation is 1. The number of nitrogens with one attached hydrogen (secondary N) is 2. The summed E-state index contributed by atoms with van der Waals surface area (Å²) in [6.07, 6.45) is 0.734. The van der Waals surface area contributed by atoms with Gasteiger partial charge in [-0.25, -0.2) is 14.4 Å². The Morgan fingerprint density at radius 1 is 1.03 bits per heavy atom. The van der Waals surface area contributed by atoms with Crippen LogP contribution in [0.1, 0.15) is 34.8 Å². The first-order valence-corrected chi connectivity index (χ1v) is 10.4. The van der Waals surface area contributed by atoms with E-state index in [1.165, 1.54) is 6.07 Å². The average molecular weight is 452 g/mol. The smallest absolute Gasteiger partial charge is 0.338 e. The van der Waals surface area contributed by atoms with Crippen molar-refractivity contribution in [2.45, 2.75) is 26.9 Å². The van der Waals surface area contributed by atoms with Crippen LogP contribution in [0.3, 0.4) is 0 Å². The maximum atomic E-state index is 12.1. The number of amides is 3. The molecule has 1 aromatic heterocycles. The number of carbonyl (C=O) groups is 3. The SMILES string of the molecule is CCCNC(=O)NC(=O)COC(=O)c1ccc(COc2ccc3c(C)cc(=O)oc3c2)cc1. The zero-order valence-electron chi connectivity index (χ0n) is 18.3. The highest BCUT2D eigenvalue weighted by Gasteiger charge is 2.12. The molecule has 2 N–H and O–H groups in total. The lowest BCUT2D eigenvalue weighted by Gasteiger charge is -2.09. The molecule has 3 rings (SSSR count). The van der Waals surface area contributed by atoms with Gasteiger partial charge in [-0.3, -0.25) is 10.1 Å². The van der Waals surface area contributed by atoms with Gasteiger partial charge in [-0.05, 0) is 48.7 Å². The van der Waals surface area contributed by atoms with Gasteiger partial charge in [-0.2, -0.15) is 0 Å². The normalized spacial score (nSPS) is 10.5. The Morgan fingerprint density at radius 3 is 2.52 bits per heavy atom. The van der Waals surface area contributed by atoms with E-state index in [9.17, 15) is 19.2 Å². The predicted octanol–water partition coefficient (Wildman–Crippen LogP) is 3.07. The van der Waals surface area contributed by atoms with E-state index in [0.29, 0.717) is 17.9 Å². The molecule has 3 amide bonds. The van der Waals surface area contributed by atoms with Gasteiger partial charge in [0.25, 0.3) is 5.91 Å². The number of imide groups is 1. The van der Waals surface area contributed by atoms with Crippen molar-refractivity contribution in [3.8, 4) is 5.75 Å². The number of benzene rings is 2.